The third kappa shape index (κ3) is 14.6. The number of unbranched alkanes of at least 4 members (excludes halogenated alkanes) is 1. The van der Waals surface area contributed by atoms with E-state index < -0.39 is 55.2 Å². The first kappa shape index (κ1) is 41.8. The van der Waals surface area contributed by atoms with Gasteiger partial charge in [-0.2, -0.15) is 0 Å². The van der Waals surface area contributed by atoms with Crippen molar-refractivity contribution in [3.63, 3.8) is 0 Å². The molecule has 0 heterocycles. The second-order valence-electron chi connectivity index (χ2n) is 14.3. The monoisotopic (exact) mass is 709 g/mol. The number of rotatable bonds is 20. The van der Waals surface area contributed by atoms with Crippen molar-refractivity contribution in [3.05, 3.63) is 0 Å². The Morgan fingerprint density at radius 2 is 1.49 bits per heavy atom. The van der Waals surface area contributed by atoms with Crippen LogP contribution in [0.1, 0.15) is 112 Å². The lowest BCUT2D eigenvalue weighted by molar-refractivity contribution is -0.138. The highest BCUT2D eigenvalue weighted by Gasteiger charge is 2.42. The van der Waals surface area contributed by atoms with Crippen molar-refractivity contribution in [2.75, 3.05) is 31.9 Å². The van der Waals surface area contributed by atoms with Crippen LogP contribution >= 0.6 is 0 Å². The second kappa shape index (κ2) is 19.7. The fraction of sp³-hybridized carbons (Fsp3) is 0.938. The Hall–Kier alpha value is -1.36. The molecule has 47 heavy (non-hydrogen) atoms. The summed E-state index contributed by atoms with van der Waals surface area (Å²) < 4.78 is 50.7. The van der Waals surface area contributed by atoms with E-state index in [0.717, 1.165) is 32.1 Å². The molecule has 15 heteroatoms. The lowest BCUT2D eigenvalue weighted by atomic mass is 9.79. The third-order valence-corrected chi connectivity index (χ3v) is 12.3. The van der Waals surface area contributed by atoms with E-state index in [1.807, 2.05) is 34.6 Å². The Labute approximate surface area is 283 Å². The van der Waals surface area contributed by atoms with Gasteiger partial charge in [-0.1, -0.05) is 41.0 Å². The summed E-state index contributed by atoms with van der Waals surface area (Å²) in [6.07, 6.45) is 4.78. The number of aliphatic hydroxyl groups is 2. The minimum Gasteiger partial charge on any atom is -0.393 e. The van der Waals surface area contributed by atoms with Gasteiger partial charge in [0.2, 0.25) is 31.9 Å². The van der Waals surface area contributed by atoms with Crippen LogP contribution < -0.4 is 15.3 Å². The van der Waals surface area contributed by atoms with Gasteiger partial charge in [-0.3, -0.25) is 9.59 Å². The number of carbonyl (C=O) groups is 2. The molecule has 0 spiro atoms. The predicted octanol–water partition coefficient (Wildman–Crippen LogP) is 2.09. The zero-order valence-corrected chi connectivity index (χ0v) is 30.9. The number of nitrogens with zero attached hydrogens (tertiary/aromatic N) is 2. The first-order chi connectivity index (χ1) is 22.0. The molecule has 0 bridgehead atoms. The van der Waals surface area contributed by atoms with E-state index in [4.69, 9.17) is 5.14 Å². The highest BCUT2D eigenvalue weighted by atomic mass is 32.2. The summed E-state index contributed by atoms with van der Waals surface area (Å²) in [5.41, 5.74) is 0. The summed E-state index contributed by atoms with van der Waals surface area (Å²) in [5, 5.41) is 30.7. The van der Waals surface area contributed by atoms with Crippen molar-refractivity contribution < 1.29 is 36.6 Å². The number of amides is 2. The molecule has 6 N–H and O–H groups in total. The van der Waals surface area contributed by atoms with Crippen LogP contribution in [0.2, 0.25) is 0 Å². The Balaban J connectivity index is 2.32. The van der Waals surface area contributed by atoms with Gasteiger partial charge in [-0.05, 0) is 82.5 Å². The smallest absolute Gasteiger partial charge is 0.225 e. The van der Waals surface area contributed by atoms with Gasteiger partial charge in [-0.25, -0.2) is 27.0 Å². The number of sulfonamides is 2. The van der Waals surface area contributed by atoms with Crippen LogP contribution in [0.15, 0.2) is 0 Å². The SMILES string of the molecule is CCCCN(CC(O)C(CC1CCC(O)CC1)NC(=O)C1CC(C(=O)N(CCC)CCC)CC(S(N)(=O)=O)C1)NS(=O)(=O)CC(C)C. The molecule has 2 saturated carbocycles. The average molecular weight is 710 g/mol. The van der Waals surface area contributed by atoms with Crippen molar-refractivity contribution in [2.45, 2.75) is 135 Å². The van der Waals surface area contributed by atoms with Gasteiger partial charge in [0.15, 0.2) is 0 Å². The molecule has 0 aliphatic heterocycles. The summed E-state index contributed by atoms with van der Waals surface area (Å²) >= 11 is 0. The summed E-state index contributed by atoms with van der Waals surface area (Å²) in [5.74, 6) is -2.15. The Morgan fingerprint density at radius 1 is 0.894 bits per heavy atom. The molecule has 2 amide bonds. The third-order valence-electron chi connectivity index (χ3n) is 9.35. The molecular formula is C32H63N5O8S2. The summed E-state index contributed by atoms with van der Waals surface area (Å²) in [4.78, 5) is 31.8. The molecule has 2 aliphatic carbocycles. The van der Waals surface area contributed by atoms with E-state index in [1.165, 1.54) is 5.01 Å². The van der Waals surface area contributed by atoms with Crippen molar-refractivity contribution >= 4 is 31.9 Å². The normalized spacial score (nSPS) is 25.4. The maximum atomic E-state index is 13.9. The van der Waals surface area contributed by atoms with Crippen LogP contribution in [0, 0.1) is 23.7 Å². The van der Waals surface area contributed by atoms with Gasteiger partial charge in [0.25, 0.3) is 0 Å². The lowest BCUT2D eigenvalue weighted by Crippen LogP contribution is -2.55. The maximum Gasteiger partial charge on any atom is 0.225 e. The highest BCUT2D eigenvalue weighted by molar-refractivity contribution is 7.89. The first-order valence-electron chi connectivity index (χ1n) is 17.7. The zero-order chi connectivity index (χ0) is 35.4. The molecule has 0 aromatic carbocycles. The molecule has 0 radical (unpaired) electrons. The molecule has 5 atom stereocenters. The predicted molar refractivity (Wildman–Crippen MR) is 184 cm³/mol. The van der Waals surface area contributed by atoms with Gasteiger partial charge >= 0.3 is 0 Å². The van der Waals surface area contributed by atoms with Crippen molar-refractivity contribution in [1.82, 2.24) is 20.1 Å². The quantitative estimate of drug-likeness (QED) is 0.118. The van der Waals surface area contributed by atoms with Crippen LogP contribution in [-0.2, 0) is 29.6 Å². The largest absolute Gasteiger partial charge is 0.393 e. The first-order valence-corrected chi connectivity index (χ1v) is 21.0. The molecule has 5 unspecified atom stereocenters. The summed E-state index contributed by atoms with van der Waals surface area (Å²) in [6.45, 7) is 10.9. The zero-order valence-electron chi connectivity index (χ0n) is 29.3. The summed E-state index contributed by atoms with van der Waals surface area (Å²) in [6, 6.07) is -0.762. The number of carbonyl (C=O) groups excluding carboxylic acids is 2. The van der Waals surface area contributed by atoms with E-state index in [9.17, 15) is 36.6 Å². The van der Waals surface area contributed by atoms with Crippen molar-refractivity contribution in [2.24, 2.45) is 28.8 Å². The number of primary sulfonamides is 1. The fourth-order valence-corrected chi connectivity index (χ4v) is 9.49. The molecular weight excluding hydrogens is 647 g/mol. The lowest BCUT2D eigenvalue weighted by Gasteiger charge is -2.37. The van der Waals surface area contributed by atoms with Gasteiger partial charge in [0, 0.05) is 38.0 Å². The number of nitrogens with two attached hydrogens (primary N) is 1. The number of nitrogens with one attached hydrogen (secondary N) is 2. The van der Waals surface area contributed by atoms with Crippen LogP contribution in [0.25, 0.3) is 0 Å². The molecule has 2 rings (SSSR count). The standard InChI is InChI=1S/C32H63N5O8S2/c1-6-9-16-37(35-46(42,43)22-23(4)5)21-30(39)29(17-24-10-12-27(38)13-11-24)34-31(40)25-18-26(20-28(19-25)47(33,44)45)32(41)36(14-7-2)15-8-3/h23-30,35,38-39H,6-22H2,1-5H3,(H,34,40)(H2,33,44,45). The molecule has 0 aromatic rings. The Morgan fingerprint density at radius 3 is 2.02 bits per heavy atom. The maximum absolute atomic E-state index is 13.9. The van der Waals surface area contributed by atoms with E-state index in [1.54, 1.807) is 4.90 Å². The number of hydrogen-bond donors (Lipinski definition) is 5. The average Bonchev–Trinajstić information content (AvgIpc) is 2.98. The molecule has 276 valence electrons. The molecule has 2 aliphatic rings. The molecule has 13 nitrogen and oxygen atoms in total. The second-order valence-corrected chi connectivity index (χ2v) is 17.9. The minimum absolute atomic E-state index is 0.0218. The molecule has 0 aromatic heterocycles. The van der Waals surface area contributed by atoms with E-state index in [-0.39, 0.29) is 55.4 Å². The highest BCUT2D eigenvalue weighted by Crippen LogP contribution is 2.35. The topological polar surface area (TPSA) is 199 Å². The van der Waals surface area contributed by atoms with Gasteiger partial charge in [0.1, 0.15) is 0 Å². The van der Waals surface area contributed by atoms with Crippen molar-refractivity contribution in [1.29, 1.82) is 0 Å². The van der Waals surface area contributed by atoms with Gasteiger partial charge < -0.3 is 20.4 Å². The van der Waals surface area contributed by atoms with Gasteiger partial charge in [-0.15, -0.1) is 4.83 Å². The van der Waals surface area contributed by atoms with E-state index in [0.29, 0.717) is 45.3 Å². The van der Waals surface area contributed by atoms with E-state index >= 15 is 0 Å². The number of hydrogen-bond acceptors (Lipinski definition) is 9. The van der Waals surface area contributed by atoms with Crippen LogP contribution in [0.3, 0.4) is 0 Å². The van der Waals surface area contributed by atoms with Crippen LogP contribution in [0.4, 0.5) is 0 Å². The Bertz CT molecular complexity index is 1170. The van der Waals surface area contributed by atoms with Crippen molar-refractivity contribution in [3.8, 4) is 0 Å². The minimum atomic E-state index is -4.03. The number of hydrazine groups is 1. The van der Waals surface area contributed by atoms with E-state index in [2.05, 4.69) is 10.1 Å². The fourth-order valence-electron chi connectivity index (χ4n) is 6.98. The van der Waals surface area contributed by atoms with Crippen LogP contribution in [-0.4, -0.2) is 104 Å². The number of aliphatic hydroxyl groups excluding tert-OH is 2. The summed E-state index contributed by atoms with van der Waals surface area (Å²) in [7, 11) is -7.69. The van der Waals surface area contributed by atoms with Gasteiger partial charge in [0.05, 0.1) is 29.3 Å². The Kier molecular flexibility index (Phi) is 17.6. The van der Waals surface area contributed by atoms with Crippen LogP contribution in [0.5, 0.6) is 0 Å². The molecule has 2 fully saturated rings. The molecule has 0 saturated heterocycles.